The number of benzene rings is 4. The standard InChI is InChI=1S/C28H21ClO5/c1-2-3-6-16-11-21-25(14-23(16)30)33-26-18-13-22(29)24(31)12-15(18)9-10-20(26)28(21)19-8-5-4-7-17(19)27(32)34-28/h4-5,7-14,30-31H,2-3,6H2,1H3. The van der Waals surface area contributed by atoms with Crippen molar-refractivity contribution in [2.24, 2.45) is 0 Å². The highest BCUT2D eigenvalue weighted by Gasteiger charge is 2.54. The van der Waals surface area contributed by atoms with E-state index in [1.54, 1.807) is 24.3 Å². The molecule has 0 aromatic heterocycles. The Balaban J connectivity index is 1.71. The maximum absolute atomic E-state index is 13.1. The van der Waals surface area contributed by atoms with Crippen molar-refractivity contribution in [3.8, 4) is 23.0 Å². The first-order valence-electron chi connectivity index (χ1n) is 11.3. The summed E-state index contributed by atoms with van der Waals surface area (Å²) in [6, 6.07) is 17.8. The van der Waals surface area contributed by atoms with Crippen LogP contribution in [0.15, 0.2) is 60.7 Å². The third kappa shape index (κ3) is 2.77. The molecule has 4 aromatic rings. The number of halogens is 1. The van der Waals surface area contributed by atoms with Crippen LogP contribution in [0.5, 0.6) is 23.0 Å². The van der Waals surface area contributed by atoms with Crippen LogP contribution in [0, 0.1) is 0 Å². The predicted octanol–water partition coefficient (Wildman–Crippen LogP) is 6.82. The van der Waals surface area contributed by atoms with Crippen molar-refractivity contribution in [3.05, 3.63) is 93.5 Å². The minimum Gasteiger partial charge on any atom is -0.508 e. The van der Waals surface area contributed by atoms with E-state index >= 15 is 0 Å². The van der Waals surface area contributed by atoms with E-state index in [0.29, 0.717) is 40.0 Å². The number of ether oxygens (including phenoxy) is 2. The maximum atomic E-state index is 13.1. The van der Waals surface area contributed by atoms with Crippen molar-refractivity contribution in [1.82, 2.24) is 0 Å². The fourth-order valence-corrected chi connectivity index (χ4v) is 5.27. The van der Waals surface area contributed by atoms with Crippen LogP contribution < -0.4 is 4.74 Å². The normalized spacial score (nSPS) is 17.8. The molecule has 4 aromatic carbocycles. The number of aromatic hydroxyl groups is 2. The Kier molecular flexibility index (Phi) is 4.55. The van der Waals surface area contributed by atoms with Crippen molar-refractivity contribution < 1.29 is 24.5 Å². The van der Waals surface area contributed by atoms with Gasteiger partial charge in [0.25, 0.3) is 0 Å². The van der Waals surface area contributed by atoms with E-state index in [2.05, 4.69) is 6.92 Å². The van der Waals surface area contributed by atoms with Crippen molar-refractivity contribution in [1.29, 1.82) is 0 Å². The molecule has 6 rings (SSSR count). The van der Waals surface area contributed by atoms with Gasteiger partial charge in [0, 0.05) is 28.1 Å². The fraction of sp³-hybridized carbons (Fsp3) is 0.179. The summed E-state index contributed by atoms with van der Waals surface area (Å²) in [5.74, 6) is 0.570. The van der Waals surface area contributed by atoms with Gasteiger partial charge in [0.05, 0.1) is 10.6 Å². The Bertz CT molecular complexity index is 1510. The molecule has 170 valence electrons. The monoisotopic (exact) mass is 472 g/mol. The molecule has 0 fully saturated rings. The lowest BCUT2D eigenvalue weighted by Gasteiger charge is -2.37. The minimum absolute atomic E-state index is 0.0316. The molecule has 0 saturated carbocycles. The fourth-order valence-electron chi connectivity index (χ4n) is 5.11. The van der Waals surface area contributed by atoms with E-state index < -0.39 is 11.6 Å². The van der Waals surface area contributed by atoms with Gasteiger partial charge in [-0.05, 0) is 54.1 Å². The molecular weight excluding hydrogens is 452 g/mol. The summed E-state index contributed by atoms with van der Waals surface area (Å²) in [7, 11) is 0. The molecule has 2 aliphatic heterocycles. The van der Waals surface area contributed by atoms with Gasteiger partial charge in [0.1, 0.15) is 23.0 Å². The molecule has 1 atom stereocenters. The highest BCUT2D eigenvalue weighted by Crippen LogP contribution is 2.58. The number of phenolic OH excluding ortho intramolecular Hbond substituents is 2. The molecule has 2 heterocycles. The van der Waals surface area contributed by atoms with Crippen molar-refractivity contribution in [3.63, 3.8) is 0 Å². The number of carbonyl (C=O) groups is 1. The van der Waals surface area contributed by atoms with Gasteiger partial charge in [0.2, 0.25) is 0 Å². The first kappa shape index (κ1) is 20.9. The second-order valence-corrected chi connectivity index (χ2v) is 9.17. The van der Waals surface area contributed by atoms with Crippen LogP contribution in [-0.4, -0.2) is 16.2 Å². The number of hydrogen-bond acceptors (Lipinski definition) is 5. The quantitative estimate of drug-likeness (QED) is 0.320. The third-order valence-corrected chi connectivity index (χ3v) is 7.06. The van der Waals surface area contributed by atoms with Crippen LogP contribution in [0.2, 0.25) is 5.02 Å². The Hall–Kier alpha value is -3.70. The molecule has 1 spiro atoms. The van der Waals surface area contributed by atoms with Crippen molar-refractivity contribution in [2.45, 2.75) is 31.8 Å². The van der Waals surface area contributed by atoms with Gasteiger partial charge >= 0.3 is 5.97 Å². The Morgan fingerprint density at radius 2 is 1.76 bits per heavy atom. The van der Waals surface area contributed by atoms with Crippen LogP contribution in [-0.2, 0) is 16.8 Å². The summed E-state index contributed by atoms with van der Waals surface area (Å²) in [4.78, 5) is 13.1. The third-order valence-electron chi connectivity index (χ3n) is 6.76. The Labute approximate surface area is 201 Å². The number of aryl methyl sites for hydroxylation is 1. The highest BCUT2D eigenvalue weighted by atomic mass is 35.5. The zero-order valence-corrected chi connectivity index (χ0v) is 19.1. The SMILES string of the molecule is CCCCc1cc2c(cc1O)Oc1c(ccc3cc(O)c(Cl)cc13)C21OC(=O)c2ccccc21. The predicted molar refractivity (Wildman–Crippen MR) is 129 cm³/mol. The number of rotatable bonds is 3. The van der Waals surface area contributed by atoms with Gasteiger partial charge in [-0.1, -0.05) is 49.2 Å². The number of phenols is 2. The van der Waals surface area contributed by atoms with Gasteiger partial charge in [-0.25, -0.2) is 4.79 Å². The molecule has 5 nitrogen and oxygen atoms in total. The first-order valence-corrected chi connectivity index (χ1v) is 11.6. The highest BCUT2D eigenvalue weighted by molar-refractivity contribution is 6.33. The van der Waals surface area contributed by atoms with Crippen LogP contribution >= 0.6 is 11.6 Å². The Morgan fingerprint density at radius 1 is 0.941 bits per heavy atom. The largest absolute Gasteiger partial charge is 0.508 e. The lowest BCUT2D eigenvalue weighted by molar-refractivity contribution is 0.0225. The molecular formula is C28H21ClO5. The molecule has 0 radical (unpaired) electrons. The van der Waals surface area contributed by atoms with Crippen LogP contribution in [0.1, 0.15) is 52.4 Å². The van der Waals surface area contributed by atoms with E-state index in [9.17, 15) is 15.0 Å². The Morgan fingerprint density at radius 3 is 2.59 bits per heavy atom. The number of fused-ring (bicyclic) bond motifs is 8. The number of carbonyl (C=O) groups excluding carboxylic acids is 1. The van der Waals surface area contributed by atoms with Crippen LogP contribution in [0.4, 0.5) is 0 Å². The van der Waals surface area contributed by atoms with Crippen LogP contribution in [0.3, 0.4) is 0 Å². The topological polar surface area (TPSA) is 76.0 Å². The summed E-state index contributed by atoms with van der Waals surface area (Å²) in [6.45, 7) is 2.10. The summed E-state index contributed by atoms with van der Waals surface area (Å²) >= 11 is 6.25. The minimum atomic E-state index is -1.23. The first-order chi connectivity index (χ1) is 16.4. The number of esters is 1. The second kappa shape index (κ2) is 7.40. The van der Waals surface area contributed by atoms with Crippen molar-refractivity contribution >= 4 is 28.3 Å². The molecule has 0 aliphatic carbocycles. The van der Waals surface area contributed by atoms with Gasteiger partial charge in [0.15, 0.2) is 5.60 Å². The molecule has 2 aliphatic rings. The molecule has 34 heavy (non-hydrogen) atoms. The molecule has 6 heteroatoms. The molecule has 2 N–H and O–H groups in total. The van der Waals surface area contributed by atoms with E-state index in [4.69, 9.17) is 21.1 Å². The summed E-state index contributed by atoms with van der Waals surface area (Å²) in [5, 5.41) is 22.5. The summed E-state index contributed by atoms with van der Waals surface area (Å²) < 4.78 is 12.6. The van der Waals surface area contributed by atoms with E-state index in [-0.39, 0.29) is 16.5 Å². The lowest BCUT2D eigenvalue weighted by Crippen LogP contribution is -2.33. The lowest BCUT2D eigenvalue weighted by atomic mass is 9.76. The molecule has 1 unspecified atom stereocenters. The summed E-state index contributed by atoms with van der Waals surface area (Å²) in [6.07, 6.45) is 2.60. The molecule has 0 saturated heterocycles. The van der Waals surface area contributed by atoms with E-state index in [1.165, 1.54) is 0 Å². The zero-order valence-electron chi connectivity index (χ0n) is 18.4. The van der Waals surface area contributed by atoms with Gasteiger partial charge in [-0.15, -0.1) is 0 Å². The zero-order chi connectivity index (χ0) is 23.6. The number of hydrogen-bond donors (Lipinski definition) is 2. The van der Waals surface area contributed by atoms with Gasteiger partial charge in [-0.2, -0.15) is 0 Å². The maximum Gasteiger partial charge on any atom is 0.340 e. The van der Waals surface area contributed by atoms with Gasteiger partial charge in [-0.3, -0.25) is 0 Å². The second-order valence-electron chi connectivity index (χ2n) is 8.77. The average molecular weight is 473 g/mol. The number of unbranched alkanes of at least 4 members (excludes halogenated alkanes) is 1. The smallest absolute Gasteiger partial charge is 0.340 e. The van der Waals surface area contributed by atoms with E-state index in [0.717, 1.165) is 29.4 Å². The van der Waals surface area contributed by atoms with Gasteiger partial charge < -0.3 is 19.7 Å². The van der Waals surface area contributed by atoms with Crippen molar-refractivity contribution in [2.75, 3.05) is 0 Å². The van der Waals surface area contributed by atoms with Crippen LogP contribution in [0.25, 0.3) is 10.8 Å². The molecule has 0 amide bonds. The molecule has 0 bridgehead atoms. The summed E-state index contributed by atoms with van der Waals surface area (Å²) in [5.41, 5.74) is 2.10. The van der Waals surface area contributed by atoms with E-state index in [1.807, 2.05) is 36.4 Å². The average Bonchev–Trinajstić information content (AvgIpc) is 3.12.